The van der Waals surface area contributed by atoms with Crippen molar-refractivity contribution in [2.24, 2.45) is 0 Å². The first-order chi connectivity index (χ1) is 8.79. The van der Waals surface area contributed by atoms with Gasteiger partial charge in [-0.15, -0.1) is 11.3 Å². The number of anilines is 1. The van der Waals surface area contributed by atoms with Gasteiger partial charge in [0, 0.05) is 4.88 Å². The van der Waals surface area contributed by atoms with Crippen LogP contribution >= 0.6 is 11.3 Å². The zero-order chi connectivity index (χ0) is 14.2. The SMILES string of the molecule is Cc1ccc(N)c(S(=O)(=O)Cc2nc(C)c(C)s2)c1. The third-order valence-electron chi connectivity index (χ3n) is 2.89. The molecule has 0 aliphatic carbocycles. The van der Waals surface area contributed by atoms with Crippen LogP contribution in [-0.4, -0.2) is 13.4 Å². The Bertz CT molecular complexity index is 699. The summed E-state index contributed by atoms with van der Waals surface area (Å²) in [5.41, 5.74) is 7.81. The maximum atomic E-state index is 12.4. The fourth-order valence-corrected chi connectivity index (χ4v) is 4.52. The summed E-state index contributed by atoms with van der Waals surface area (Å²) in [6.07, 6.45) is 0. The molecule has 19 heavy (non-hydrogen) atoms. The maximum Gasteiger partial charge on any atom is 0.186 e. The lowest BCUT2D eigenvalue weighted by Gasteiger charge is -2.07. The molecule has 0 atom stereocenters. The van der Waals surface area contributed by atoms with Crippen LogP contribution < -0.4 is 5.73 Å². The zero-order valence-electron chi connectivity index (χ0n) is 11.1. The Balaban J connectivity index is 2.40. The molecular formula is C13H16N2O2S2. The van der Waals surface area contributed by atoms with E-state index in [1.807, 2.05) is 20.8 Å². The summed E-state index contributed by atoms with van der Waals surface area (Å²) in [5.74, 6) is -0.0972. The first kappa shape index (κ1) is 14.0. The number of nitrogen functional groups attached to an aromatic ring is 1. The number of nitrogens with zero attached hydrogens (tertiary/aromatic N) is 1. The van der Waals surface area contributed by atoms with Crippen molar-refractivity contribution in [3.05, 3.63) is 39.3 Å². The van der Waals surface area contributed by atoms with Gasteiger partial charge in [-0.05, 0) is 38.5 Å². The van der Waals surface area contributed by atoms with Gasteiger partial charge in [-0.3, -0.25) is 0 Å². The number of hydrogen-bond donors (Lipinski definition) is 1. The number of sulfone groups is 1. The molecule has 0 aliphatic heterocycles. The van der Waals surface area contributed by atoms with E-state index < -0.39 is 9.84 Å². The highest BCUT2D eigenvalue weighted by Gasteiger charge is 2.20. The molecule has 4 nitrogen and oxygen atoms in total. The first-order valence-corrected chi connectivity index (χ1v) is 8.28. The van der Waals surface area contributed by atoms with Crippen LogP contribution in [0.4, 0.5) is 5.69 Å². The second kappa shape index (κ2) is 4.94. The molecule has 1 heterocycles. The minimum Gasteiger partial charge on any atom is -0.398 e. The lowest BCUT2D eigenvalue weighted by atomic mass is 10.2. The van der Waals surface area contributed by atoms with E-state index >= 15 is 0 Å². The summed E-state index contributed by atoms with van der Waals surface area (Å²) in [5, 5.41) is 0.607. The van der Waals surface area contributed by atoms with Gasteiger partial charge < -0.3 is 5.73 Å². The quantitative estimate of drug-likeness (QED) is 0.884. The van der Waals surface area contributed by atoms with Crippen molar-refractivity contribution in [3.8, 4) is 0 Å². The molecule has 2 rings (SSSR count). The molecule has 0 saturated carbocycles. The van der Waals surface area contributed by atoms with Gasteiger partial charge in [-0.2, -0.15) is 0 Å². The second-order valence-electron chi connectivity index (χ2n) is 4.55. The van der Waals surface area contributed by atoms with Crippen LogP contribution in [0.3, 0.4) is 0 Å². The molecule has 1 aromatic carbocycles. The highest BCUT2D eigenvalue weighted by molar-refractivity contribution is 7.91. The fraction of sp³-hybridized carbons (Fsp3) is 0.308. The van der Waals surface area contributed by atoms with Gasteiger partial charge in [0.05, 0.1) is 16.3 Å². The standard InChI is InChI=1S/C13H16N2O2S2/c1-8-4-5-11(14)12(6-8)19(16,17)7-13-15-9(2)10(3)18-13/h4-6H,7,14H2,1-3H3. The van der Waals surface area contributed by atoms with Crippen molar-refractivity contribution < 1.29 is 8.42 Å². The summed E-state index contributed by atoms with van der Waals surface area (Å²) in [6, 6.07) is 5.03. The van der Waals surface area contributed by atoms with Crippen LogP contribution in [-0.2, 0) is 15.6 Å². The van der Waals surface area contributed by atoms with Gasteiger partial charge in [-0.1, -0.05) is 6.07 Å². The van der Waals surface area contributed by atoms with Crippen LogP contribution in [0, 0.1) is 20.8 Å². The number of benzene rings is 1. The second-order valence-corrected chi connectivity index (χ2v) is 7.80. The zero-order valence-corrected chi connectivity index (χ0v) is 12.7. The number of nitrogens with two attached hydrogens (primary N) is 1. The van der Waals surface area contributed by atoms with E-state index in [0.717, 1.165) is 16.1 Å². The van der Waals surface area contributed by atoms with E-state index in [-0.39, 0.29) is 16.3 Å². The molecule has 0 fully saturated rings. The van der Waals surface area contributed by atoms with Crippen molar-refractivity contribution in [1.29, 1.82) is 0 Å². The van der Waals surface area contributed by atoms with Crippen molar-refractivity contribution in [2.75, 3.05) is 5.73 Å². The van der Waals surface area contributed by atoms with Gasteiger partial charge in [-0.25, -0.2) is 13.4 Å². The average molecular weight is 296 g/mol. The number of hydrogen-bond acceptors (Lipinski definition) is 5. The summed E-state index contributed by atoms with van der Waals surface area (Å²) >= 11 is 1.41. The Morgan fingerprint density at radius 2 is 1.95 bits per heavy atom. The Labute approximate surface area is 117 Å². The molecule has 0 aliphatic rings. The van der Waals surface area contributed by atoms with Crippen molar-refractivity contribution in [1.82, 2.24) is 4.98 Å². The molecule has 6 heteroatoms. The molecule has 0 radical (unpaired) electrons. The molecule has 2 aromatic rings. The van der Waals surface area contributed by atoms with Gasteiger partial charge in [0.2, 0.25) is 0 Å². The van der Waals surface area contributed by atoms with Crippen LogP contribution in [0.5, 0.6) is 0 Å². The lowest BCUT2D eigenvalue weighted by Crippen LogP contribution is -2.08. The molecule has 1 aromatic heterocycles. The Morgan fingerprint density at radius 3 is 2.53 bits per heavy atom. The van der Waals surface area contributed by atoms with E-state index in [1.54, 1.807) is 18.2 Å². The predicted molar refractivity (Wildman–Crippen MR) is 78.1 cm³/mol. The minimum absolute atomic E-state index is 0.0972. The van der Waals surface area contributed by atoms with Gasteiger partial charge >= 0.3 is 0 Å². The summed E-state index contributed by atoms with van der Waals surface area (Å²) in [6.45, 7) is 5.66. The van der Waals surface area contributed by atoms with E-state index in [4.69, 9.17) is 5.73 Å². The molecule has 0 bridgehead atoms. The van der Waals surface area contributed by atoms with Crippen LogP contribution in [0.2, 0.25) is 0 Å². The molecular weight excluding hydrogens is 280 g/mol. The summed E-state index contributed by atoms with van der Waals surface area (Å²) in [4.78, 5) is 5.51. The third kappa shape index (κ3) is 2.96. The highest BCUT2D eigenvalue weighted by atomic mass is 32.2. The maximum absolute atomic E-state index is 12.4. The molecule has 0 amide bonds. The number of thiazole rings is 1. The van der Waals surface area contributed by atoms with Crippen molar-refractivity contribution in [3.63, 3.8) is 0 Å². The molecule has 0 spiro atoms. The highest BCUT2D eigenvalue weighted by Crippen LogP contribution is 2.26. The normalized spacial score (nSPS) is 11.7. The van der Waals surface area contributed by atoms with Crippen molar-refractivity contribution >= 4 is 26.9 Å². The van der Waals surface area contributed by atoms with E-state index in [1.165, 1.54) is 11.3 Å². The Hall–Kier alpha value is -1.40. The van der Waals surface area contributed by atoms with Crippen LogP contribution in [0.25, 0.3) is 0 Å². The largest absolute Gasteiger partial charge is 0.398 e. The number of aryl methyl sites for hydroxylation is 3. The Kier molecular flexibility index (Phi) is 3.64. The minimum atomic E-state index is -3.45. The monoisotopic (exact) mass is 296 g/mol. The molecule has 2 N–H and O–H groups in total. The lowest BCUT2D eigenvalue weighted by molar-refractivity contribution is 0.595. The van der Waals surface area contributed by atoms with Gasteiger partial charge in [0.1, 0.15) is 10.8 Å². The van der Waals surface area contributed by atoms with Gasteiger partial charge in [0.15, 0.2) is 9.84 Å². The topological polar surface area (TPSA) is 73.1 Å². The predicted octanol–water partition coefficient (Wildman–Crippen LogP) is 2.62. The Morgan fingerprint density at radius 1 is 1.26 bits per heavy atom. The van der Waals surface area contributed by atoms with Crippen LogP contribution in [0.1, 0.15) is 21.1 Å². The van der Waals surface area contributed by atoms with E-state index in [2.05, 4.69) is 4.98 Å². The molecule has 102 valence electrons. The molecule has 0 saturated heterocycles. The smallest absolute Gasteiger partial charge is 0.186 e. The number of aromatic nitrogens is 1. The first-order valence-electron chi connectivity index (χ1n) is 5.81. The molecule has 0 unspecified atom stereocenters. The van der Waals surface area contributed by atoms with Crippen LogP contribution in [0.15, 0.2) is 23.1 Å². The summed E-state index contributed by atoms with van der Waals surface area (Å²) in [7, 11) is -3.45. The fourth-order valence-electron chi connectivity index (χ4n) is 1.75. The summed E-state index contributed by atoms with van der Waals surface area (Å²) < 4.78 is 24.8. The van der Waals surface area contributed by atoms with E-state index in [9.17, 15) is 8.42 Å². The third-order valence-corrected chi connectivity index (χ3v) is 5.82. The average Bonchev–Trinajstić information content (AvgIpc) is 2.60. The van der Waals surface area contributed by atoms with Gasteiger partial charge in [0.25, 0.3) is 0 Å². The van der Waals surface area contributed by atoms with E-state index in [0.29, 0.717) is 5.01 Å². The van der Waals surface area contributed by atoms with Crippen molar-refractivity contribution in [2.45, 2.75) is 31.4 Å². The number of rotatable bonds is 3.